The zero-order valence-electron chi connectivity index (χ0n) is 19.8. The molecule has 0 unspecified atom stereocenters. The van der Waals surface area contributed by atoms with Crippen molar-refractivity contribution >= 4 is 11.9 Å². The van der Waals surface area contributed by atoms with Gasteiger partial charge in [-0.15, -0.1) is 0 Å². The second-order valence-corrected chi connectivity index (χ2v) is 9.84. The Labute approximate surface area is 194 Å². The van der Waals surface area contributed by atoms with Crippen molar-refractivity contribution in [2.24, 2.45) is 5.92 Å². The van der Waals surface area contributed by atoms with Gasteiger partial charge in [0, 0.05) is 24.2 Å². The number of aromatic nitrogens is 4. The Balaban J connectivity index is 1.51. The van der Waals surface area contributed by atoms with Crippen LogP contribution in [0.3, 0.4) is 0 Å². The van der Waals surface area contributed by atoms with Crippen LogP contribution in [0.25, 0.3) is 11.3 Å². The minimum absolute atomic E-state index is 0.0649. The molecule has 1 amide bonds. The Hall–Kier alpha value is -3.26. The van der Waals surface area contributed by atoms with Crippen molar-refractivity contribution in [2.45, 2.75) is 58.1 Å². The number of aliphatic hydroxyl groups excluding tert-OH is 1. The summed E-state index contributed by atoms with van der Waals surface area (Å²) >= 11 is 0. The number of aliphatic hydroxyl groups is 1. The molecule has 4 N–H and O–H groups in total. The number of aromatic amines is 1. The van der Waals surface area contributed by atoms with Gasteiger partial charge in [0.25, 0.3) is 0 Å². The fourth-order valence-electron chi connectivity index (χ4n) is 4.18. The minimum Gasteiger partial charge on any atom is -0.393 e. The molecule has 0 bridgehead atoms. The fourth-order valence-corrected chi connectivity index (χ4v) is 4.18. The van der Waals surface area contributed by atoms with Crippen LogP contribution in [0.4, 0.5) is 5.95 Å². The predicted molar refractivity (Wildman–Crippen MR) is 128 cm³/mol. The van der Waals surface area contributed by atoms with Crippen molar-refractivity contribution in [3.05, 3.63) is 59.5 Å². The van der Waals surface area contributed by atoms with E-state index in [4.69, 9.17) is 0 Å². The third-order valence-corrected chi connectivity index (χ3v) is 6.27. The quantitative estimate of drug-likeness (QED) is 0.458. The Morgan fingerprint density at radius 1 is 1.18 bits per heavy atom. The topological polar surface area (TPSA) is 116 Å². The standard InChI is InChI=1S/C25H32N6O2/c1-14(20-12-21(31-30-20)16-7-6-8-17(11-16)25(3,4)5)28-24-26-10-9-19(29-24)22-18(15(2)32)13-27-23(22)33/h6-12,14-15,18,22,32H,13H2,1-5H3,(H,27,33)(H,30,31)(H,26,28,29)/t14-,15+,18+,22+/m0/s1. The van der Waals surface area contributed by atoms with Crippen LogP contribution >= 0.6 is 0 Å². The highest BCUT2D eigenvalue weighted by molar-refractivity contribution is 5.85. The molecule has 0 aliphatic carbocycles. The molecule has 1 aliphatic rings. The van der Waals surface area contributed by atoms with Gasteiger partial charge in [-0.05, 0) is 43.0 Å². The summed E-state index contributed by atoms with van der Waals surface area (Å²) in [5.74, 6) is -0.390. The molecule has 1 fully saturated rings. The monoisotopic (exact) mass is 448 g/mol. The lowest BCUT2D eigenvalue weighted by molar-refractivity contribution is -0.121. The van der Waals surface area contributed by atoms with Gasteiger partial charge in [-0.3, -0.25) is 9.89 Å². The molecule has 8 heteroatoms. The summed E-state index contributed by atoms with van der Waals surface area (Å²) in [5.41, 5.74) is 4.77. The van der Waals surface area contributed by atoms with Gasteiger partial charge in [-0.25, -0.2) is 9.97 Å². The molecule has 1 aromatic carbocycles. The van der Waals surface area contributed by atoms with E-state index in [-0.39, 0.29) is 23.3 Å². The van der Waals surface area contributed by atoms with Gasteiger partial charge in [0.15, 0.2) is 0 Å². The largest absolute Gasteiger partial charge is 0.393 e. The lowest BCUT2D eigenvalue weighted by Gasteiger charge is -2.19. The number of H-pyrrole nitrogens is 1. The van der Waals surface area contributed by atoms with Crippen molar-refractivity contribution < 1.29 is 9.90 Å². The van der Waals surface area contributed by atoms with Crippen LogP contribution < -0.4 is 10.6 Å². The molecule has 4 atom stereocenters. The van der Waals surface area contributed by atoms with Crippen molar-refractivity contribution in [1.29, 1.82) is 0 Å². The van der Waals surface area contributed by atoms with Gasteiger partial charge < -0.3 is 15.7 Å². The maximum atomic E-state index is 12.4. The van der Waals surface area contributed by atoms with Crippen LogP contribution in [0.2, 0.25) is 0 Å². The summed E-state index contributed by atoms with van der Waals surface area (Å²) in [5, 5.41) is 23.8. The first-order valence-corrected chi connectivity index (χ1v) is 11.3. The van der Waals surface area contributed by atoms with Crippen molar-refractivity contribution in [2.75, 3.05) is 11.9 Å². The third kappa shape index (κ3) is 4.90. The number of benzene rings is 1. The van der Waals surface area contributed by atoms with E-state index >= 15 is 0 Å². The van der Waals surface area contributed by atoms with E-state index in [1.807, 2.05) is 13.0 Å². The first kappa shape index (κ1) is 22.9. The van der Waals surface area contributed by atoms with Crippen LogP contribution in [-0.4, -0.2) is 43.8 Å². The van der Waals surface area contributed by atoms with Crippen LogP contribution in [0.1, 0.15) is 63.5 Å². The molecule has 0 radical (unpaired) electrons. The van der Waals surface area contributed by atoms with Crippen molar-refractivity contribution in [3.8, 4) is 11.3 Å². The van der Waals surface area contributed by atoms with Gasteiger partial charge in [-0.2, -0.15) is 5.10 Å². The Morgan fingerprint density at radius 3 is 2.70 bits per heavy atom. The number of nitrogens with one attached hydrogen (secondary N) is 3. The van der Waals surface area contributed by atoms with E-state index in [0.717, 1.165) is 17.0 Å². The molecule has 174 valence electrons. The SMILES string of the molecule is C[C@H](Nc1nccc([C@@H]2C(=O)NC[C@@H]2[C@@H](C)O)n1)c1cc(-c2cccc(C(C)(C)C)c2)n[nH]1. The highest BCUT2D eigenvalue weighted by Crippen LogP contribution is 2.31. The van der Waals surface area contributed by atoms with Gasteiger partial charge in [-0.1, -0.05) is 39.0 Å². The molecule has 2 aromatic heterocycles. The number of anilines is 1. The maximum absolute atomic E-state index is 12.4. The Bertz CT molecular complexity index is 1130. The number of hydrogen-bond donors (Lipinski definition) is 4. The van der Waals surface area contributed by atoms with Crippen LogP contribution in [0.15, 0.2) is 42.6 Å². The van der Waals surface area contributed by atoms with E-state index in [1.54, 1.807) is 19.2 Å². The molecule has 0 spiro atoms. The summed E-state index contributed by atoms with van der Waals surface area (Å²) in [4.78, 5) is 21.3. The molecule has 0 saturated carbocycles. The summed E-state index contributed by atoms with van der Waals surface area (Å²) in [7, 11) is 0. The smallest absolute Gasteiger partial charge is 0.229 e. The first-order chi connectivity index (χ1) is 15.6. The van der Waals surface area contributed by atoms with Crippen LogP contribution in [0.5, 0.6) is 0 Å². The average Bonchev–Trinajstić information content (AvgIpc) is 3.41. The fraction of sp³-hybridized carbons (Fsp3) is 0.440. The number of amides is 1. The molecule has 8 nitrogen and oxygen atoms in total. The van der Waals surface area contributed by atoms with E-state index in [0.29, 0.717) is 18.2 Å². The molecule has 3 aromatic rings. The maximum Gasteiger partial charge on any atom is 0.229 e. The number of carbonyl (C=O) groups excluding carboxylic acids is 1. The molecular weight excluding hydrogens is 416 g/mol. The number of hydrogen-bond acceptors (Lipinski definition) is 6. The molecule has 3 heterocycles. The van der Waals surface area contributed by atoms with Crippen molar-refractivity contribution in [3.63, 3.8) is 0 Å². The Kier molecular flexibility index (Phi) is 6.21. The highest BCUT2D eigenvalue weighted by atomic mass is 16.3. The Morgan fingerprint density at radius 2 is 1.97 bits per heavy atom. The highest BCUT2D eigenvalue weighted by Gasteiger charge is 2.39. The summed E-state index contributed by atoms with van der Waals surface area (Å²) in [6.45, 7) is 10.7. The summed E-state index contributed by atoms with van der Waals surface area (Å²) in [6, 6.07) is 12.1. The lowest BCUT2D eigenvalue weighted by atomic mass is 9.86. The third-order valence-electron chi connectivity index (χ3n) is 6.27. The van der Waals surface area contributed by atoms with E-state index in [1.165, 1.54) is 5.56 Å². The molecular formula is C25H32N6O2. The average molecular weight is 449 g/mol. The molecule has 33 heavy (non-hydrogen) atoms. The lowest BCUT2D eigenvalue weighted by Crippen LogP contribution is -2.25. The van der Waals surface area contributed by atoms with Crippen LogP contribution in [0, 0.1) is 5.92 Å². The number of carbonyl (C=O) groups is 1. The van der Waals surface area contributed by atoms with Crippen molar-refractivity contribution in [1.82, 2.24) is 25.5 Å². The molecule has 1 aliphatic heterocycles. The minimum atomic E-state index is -0.612. The van der Waals surface area contributed by atoms with Gasteiger partial charge >= 0.3 is 0 Å². The predicted octanol–water partition coefficient (Wildman–Crippen LogP) is 3.55. The second-order valence-electron chi connectivity index (χ2n) is 9.84. The first-order valence-electron chi connectivity index (χ1n) is 11.3. The van der Waals surface area contributed by atoms with Gasteiger partial charge in [0.1, 0.15) is 0 Å². The van der Waals surface area contributed by atoms with E-state index in [2.05, 4.69) is 75.8 Å². The van der Waals surface area contributed by atoms with Gasteiger partial charge in [0.05, 0.1) is 35.1 Å². The zero-order valence-corrected chi connectivity index (χ0v) is 19.8. The summed E-state index contributed by atoms with van der Waals surface area (Å²) < 4.78 is 0. The number of rotatable bonds is 6. The van der Waals surface area contributed by atoms with Gasteiger partial charge in [0.2, 0.25) is 11.9 Å². The normalized spacial score (nSPS) is 20.4. The molecule has 4 rings (SSSR count). The van der Waals surface area contributed by atoms with E-state index < -0.39 is 12.0 Å². The summed E-state index contributed by atoms with van der Waals surface area (Å²) in [6.07, 6.45) is 1.03. The number of nitrogens with zero attached hydrogens (tertiary/aromatic N) is 3. The zero-order chi connectivity index (χ0) is 23.8. The van der Waals surface area contributed by atoms with E-state index in [9.17, 15) is 9.90 Å². The second kappa shape index (κ2) is 8.94. The van der Waals surface area contributed by atoms with Crippen LogP contribution in [-0.2, 0) is 10.2 Å². The molecule has 1 saturated heterocycles.